The van der Waals surface area contributed by atoms with Gasteiger partial charge in [0, 0.05) is 29.2 Å². The molecule has 100 valence electrons. The van der Waals surface area contributed by atoms with Crippen LogP contribution in [0.5, 0.6) is 0 Å². The van der Waals surface area contributed by atoms with Crippen molar-refractivity contribution < 1.29 is 4.39 Å². The summed E-state index contributed by atoms with van der Waals surface area (Å²) in [6.45, 7) is 1.45. The molecule has 0 heterocycles. The molecular formula is C14H20BrFN2. The van der Waals surface area contributed by atoms with Gasteiger partial charge in [0.05, 0.1) is 0 Å². The highest BCUT2D eigenvalue weighted by molar-refractivity contribution is 9.10. The van der Waals surface area contributed by atoms with E-state index in [-0.39, 0.29) is 11.9 Å². The van der Waals surface area contributed by atoms with E-state index in [0.717, 1.165) is 16.9 Å². The Hall–Kier alpha value is -0.450. The monoisotopic (exact) mass is 314 g/mol. The number of nitrogens with two attached hydrogens (primary N) is 1. The molecule has 1 aliphatic rings. The second-order valence-electron chi connectivity index (χ2n) is 5.15. The second kappa shape index (κ2) is 6.13. The van der Waals surface area contributed by atoms with Crippen molar-refractivity contribution in [3.8, 4) is 0 Å². The molecule has 0 spiro atoms. The molecule has 0 aromatic heterocycles. The van der Waals surface area contributed by atoms with Crippen molar-refractivity contribution in [3.63, 3.8) is 0 Å². The summed E-state index contributed by atoms with van der Waals surface area (Å²) in [5.74, 6) is 0.591. The fourth-order valence-electron chi connectivity index (χ4n) is 2.52. The highest BCUT2D eigenvalue weighted by Gasteiger charge is 2.24. The van der Waals surface area contributed by atoms with Gasteiger partial charge in [-0.2, -0.15) is 0 Å². The van der Waals surface area contributed by atoms with Crippen LogP contribution in [0.15, 0.2) is 22.7 Å². The molecule has 1 atom stereocenters. The summed E-state index contributed by atoms with van der Waals surface area (Å²) in [5, 5.41) is 0. The lowest BCUT2D eigenvalue weighted by atomic mass is 9.84. The van der Waals surface area contributed by atoms with Crippen molar-refractivity contribution in [2.24, 2.45) is 11.7 Å². The Labute approximate surface area is 116 Å². The predicted octanol–water partition coefficient (Wildman–Crippen LogP) is 3.32. The number of nitrogens with zero attached hydrogens (tertiary/aromatic N) is 1. The van der Waals surface area contributed by atoms with Crippen molar-refractivity contribution in [1.82, 2.24) is 4.90 Å². The molecule has 2 rings (SSSR count). The quantitative estimate of drug-likeness (QED) is 0.903. The van der Waals surface area contributed by atoms with E-state index >= 15 is 0 Å². The van der Waals surface area contributed by atoms with Gasteiger partial charge in [-0.05, 0) is 44.0 Å². The summed E-state index contributed by atoms with van der Waals surface area (Å²) in [6.07, 6.45) is 3.92. The molecule has 1 unspecified atom stereocenters. The number of hydrogen-bond acceptors (Lipinski definition) is 2. The zero-order valence-electron chi connectivity index (χ0n) is 10.7. The van der Waals surface area contributed by atoms with Gasteiger partial charge >= 0.3 is 0 Å². The number of rotatable bonds is 5. The van der Waals surface area contributed by atoms with Crippen LogP contribution in [0.25, 0.3) is 0 Å². The molecule has 4 heteroatoms. The van der Waals surface area contributed by atoms with Gasteiger partial charge in [-0.25, -0.2) is 4.39 Å². The minimum atomic E-state index is -0.172. The molecule has 2 nitrogen and oxygen atoms in total. The third-order valence-electron chi connectivity index (χ3n) is 3.84. The Kier molecular flexibility index (Phi) is 4.76. The van der Waals surface area contributed by atoms with E-state index in [0.29, 0.717) is 12.1 Å². The molecule has 2 N–H and O–H groups in total. The van der Waals surface area contributed by atoms with E-state index in [4.69, 9.17) is 5.73 Å². The normalized spacial score (nSPS) is 17.8. The molecule has 1 aromatic carbocycles. The van der Waals surface area contributed by atoms with Gasteiger partial charge in [-0.3, -0.25) is 4.90 Å². The summed E-state index contributed by atoms with van der Waals surface area (Å²) in [7, 11) is 2.04. The first kappa shape index (κ1) is 14.0. The van der Waals surface area contributed by atoms with E-state index in [1.807, 2.05) is 13.1 Å². The summed E-state index contributed by atoms with van der Waals surface area (Å²) in [5.41, 5.74) is 6.52. The first-order valence-corrected chi connectivity index (χ1v) is 7.26. The lowest BCUT2D eigenvalue weighted by molar-refractivity contribution is 0.162. The molecule has 0 radical (unpaired) electrons. The van der Waals surface area contributed by atoms with Gasteiger partial charge in [0.1, 0.15) is 5.82 Å². The fourth-order valence-corrected chi connectivity index (χ4v) is 2.90. The van der Waals surface area contributed by atoms with Crippen LogP contribution in [0.2, 0.25) is 0 Å². The standard InChI is InChI=1S/C14H20BrFN2/c1-18(9-10-3-2-4-10)14(8-17)12-7-11(15)5-6-13(12)16/h5-7,10,14H,2-4,8-9,17H2,1H3. The lowest BCUT2D eigenvalue weighted by Gasteiger charge is -2.34. The number of benzene rings is 1. The SMILES string of the molecule is CN(CC1CCC1)C(CN)c1cc(Br)ccc1F. The van der Waals surface area contributed by atoms with Crippen molar-refractivity contribution in [1.29, 1.82) is 0 Å². The largest absolute Gasteiger partial charge is 0.329 e. The van der Waals surface area contributed by atoms with Crippen LogP contribution in [0.4, 0.5) is 4.39 Å². The van der Waals surface area contributed by atoms with E-state index in [9.17, 15) is 4.39 Å². The van der Waals surface area contributed by atoms with E-state index in [1.165, 1.54) is 25.3 Å². The third kappa shape index (κ3) is 3.11. The average Bonchev–Trinajstić information content (AvgIpc) is 2.29. The molecule has 0 amide bonds. The number of hydrogen-bond donors (Lipinski definition) is 1. The molecular weight excluding hydrogens is 295 g/mol. The molecule has 1 aromatic rings. The van der Waals surface area contributed by atoms with Gasteiger partial charge in [0.2, 0.25) is 0 Å². The molecule has 0 aliphatic heterocycles. The smallest absolute Gasteiger partial charge is 0.128 e. The van der Waals surface area contributed by atoms with Crippen LogP contribution in [-0.2, 0) is 0 Å². The van der Waals surface area contributed by atoms with Gasteiger partial charge in [0.15, 0.2) is 0 Å². The molecule has 1 fully saturated rings. The van der Waals surface area contributed by atoms with Crippen LogP contribution in [0.3, 0.4) is 0 Å². The van der Waals surface area contributed by atoms with Crippen molar-refractivity contribution in [3.05, 3.63) is 34.1 Å². The third-order valence-corrected chi connectivity index (χ3v) is 4.34. The van der Waals surface area contributed by atoms with Crippen LogP contribution < -0.4 is 5.73 Å². The Morgan fingerprint density at radius 2 is 2.22 bits per heavy atom. The molecule has 1 aliphatic carbocycles. The Morgan fingerprint density at radius 1 is 1.50 bits per heavy atom. The number of likely N-dealkylation sites (N-methyl/N-ethyl adjacent to an activating group) is 1. The Bertz CT molecular complexity index is 407. The summed E-state index contributed by atoms with van der Waals surface area (Å²) in [4.78, 5) is 2.19. The number of halogens is 2. The average molecular weight is 315 g/mol. The van der Waals surface area contributed by atoms with Crippen LogP contribution >= 0.6 is 15.9 Å². The summed E-state index contributed by atoms with van der Waals surface area (Å²) >= 11 is 3.39. The Morgan fingerprint density at radius 3 is 2.78 bits per heavy atom. The van der Waals surface area contributed by atoms with Crippen LogP contribution in [-0.4, -0.2) is 25.0 Å². The minimum Gasteiger partial charge on any atom is -0.329 e. The highest BCUT2D eigenvalue weighted by Crippen LogP contribution is 2.30. The molecule has 0 saturated heterocycles. The van der Waals surface area contributed by atoms with E-state index in [1.54, 1.807) is 6.07 Å². The topological polar surface area (TPSA) is 29.3 Å². The van der Waals surface area contributed by atoms with E-state index in [2.05, 4.69) is 20.8 Å². The highest BCUT2D eigenvalue weighted by atomic mass is 79.9. The Balaban J connectivity index is 2.12. The zero-order valence-corrected chi connectivity index (χ0v) is 12.3. The maximum atomic E-state index is 13.9. The van der Waals surface area contributed by atoms with Crippen molar-refractivity contribution >= 4 is 15.9 Å². The summed E-state index contributed by atoms with van der Waals surface area (Å²) < 4.78 is 14.8. The van der Waals surface area contributed by atoms with Crippen LogP contribution in [0, 0.1) is 11.7 Å². The summed E-state index contributed by atoms with van der Waals surface area (Å²) in [6, 6.07) is 5.02. The minimum absolute atomic E-state index is 0.0388. The molecule has 18 heavy (non-hydrogen) atoms. The maximum absolute atomic E-state index is 13.9. The van der Waals surface area contributed by atoms with E-state index < -0.39 is 0 Å². The maximum Gasteiger partial charge on any atom is 0.128 e. The fraction of sp³-hybridized carbons (Fsp3) is 0.571. The predicted molar refractivity (Wildman–Crippen MR) is 75.9 cm³/mol. The molecule has 1 saturated carbocycles. The van der Waals surface area contributed by atoms with Crippen molar-refractivity contribution in [2.45, 2.75) is 25.3 Å². The van der Waals surface area contributed by atoms with Crippen molar-refractivity contribution in [2.75, 3.05) is 20.1 Å². The van der Waals surface area contributed by atoms with Gasteiger partial charge in [-0.15, -0.1) is 0 Å². The first-order valence-electron chi connectivity index (χ1n) is 6.47. The first-order chi connectivity index (χ1) is 8.61. The van der Waals surface area contributed by atoms with Gasteiger partial charge in [0.25, 0.3) is 0 Å². The zero-order chi connectivity index (χ0) is 13.1. The lowest BCUT2D eigenvalue weighted by Crippen LogP contribution is -2.36. The van der Waals surface area contributed by atoms with Gasteiger partial charge in [-0.1, -0.05) is 22.4 Å². The van der Waals surface area contributed by atoms with Gasteiger partial charge < -0.3 is 5.73 Å². The second-order valence-corrected chi connectivity index (χ2v) is 6.07. The van der Waals surface area contributed by atoms with Crippen LogP contribution in [0.1, 0.15) is 30.9 Å². The molecule has 0 bridgehead atoms.